The molecule has 1 N–H and O–H groups in total. The van der Waals surface area contributed by atoms with Crippen molar-refractivity contribution in [2.45, 2.75) is 37.7 Å². The highest BCUT2D eigenvalue weighted by atomic mass is 35.5. The number of hydrogen-bond acceptors (Lipinski definition) is 4. The highest BCUT2D eigenvalue weighted by molar-refractivity contribution is 6.32. The van der Waals surface area contributed by atoms with E-state index in [0.717, 1.165) is 29.7 Å². The molecule has 1 saturated heterocycles. The van der Waals surface area contributed by atoms with Gasteiger partial charge in [0, 0.05) is 5.92 Å². The number of nitrogens with one attached hydrogen (secondary N) is 1. The maximum absolute atomic E-state index is 12.1. The molecule has 2 fully saturated rings. The van der Waals surface area contributed by atoms with Crippen molar-refractivity contribution in [2.75, 3.05) is 0 Å². The smallest absolute Gasteiger partial charge is 0.414 e. The molecule has 1 saturated carbocycles. The minimum atomic E-state index is -0.735. The fourth-order valence-electron chi connectivity index (χ4n) is 4.57. The number of hydrogen-bond donors (Lipinski definition) is 1. The van der Waals surface area contributed by atoms with E-state index < -0.39 is 12.2 Å². The molecule has 6 heteroatoms. The first-order chi connectivity index (χ1) is 13.0. The van der Waals surface area contributed by atoms with Gasteiger partial charge in [-0.1, -0.05) is 23.7 Å². The van der Waals surface area contributed by atoms with Crippen molar-refractivity contribution in [1.82, 2.24) is 5.32 Å². The topological polar surface area (TPSA) is 64.6 Å². The van der Waals surface area contributed by atoms with Gasteiger partial charge in [0.05, 0.1) is 5.02 Å². The lowest BCUT2D eigenvalue weighted by molar-refractivity contribution is -0.125. The number of carbonyl (C=O) groups excluding carboxylic acids is 2. The van der Waals surface area contributed by atoms with Gasteiger partial charge in [0.2, 0.25) is 0 Å². The normalized spacial score (nSPS) is 28.1. The molecule has 1 heterocycles. The summed E-state index contributed by atoms with van der Waals surface area (Å²) in [6.45, 7) is 1.98. The van der Waals surface area contributed by atoms with Gasteiger partial charge in [-0.25, -0.2) is 4.79 Å². The van der Waals surface area contributed by atoms with Gasteiger partial charge in [0.15, 0.2) is 6.10 Å². The second-order valence-electron chi connectivity index (χ2n) is 7.60. The van der Waals surface area contributed by atoms with Crippen molar-refractivity contribution >= 4 is 23.6 Å². The van der Waals surface area contributed by atoms with Crippen LogP contribution < -0.4 is 10.1 Å². The molecule has 0 radical (unpaired) electrons. The van der Waals surface area contributed by atoms with Crippen LogP contribution in [-0.2, 0) is 9.53 Å². The second kappa shape index (κ2) is 5.99. The Hall–Kier alpha value is -2.53. The summed E-state index contributed by atoms with van der Waals surface area (Å²) in [6, 6.07) is 11.6. The lowest BCUT2D eigenvalue weighted by Gasteiger charge is -2.48. The van der Waals surface area contributed by atoms with E-state index in [1.54, 1.807) is 0 Å². The van der Waals surface area contributed by atoms with E-state index in [1.165, 1.54) is 5.56 Å². The molecule has 2 aromatic rings. The second-order valence-corrected chi connectivity index (χ2v) is 8.00. The van der Waals surface area contributed by atoms with Gasteiger partial charge in [-0.15, -0.1) is 0 Å². The Morgan fingerprint density at radius 2 is 1.93 bits per heavy atom. The first kappa shape index (κ1) is 16.6. The quantitative estimate of drug-likeness (QED) is 0.836. The zero-order chi connectivity index (χ0) is 18.7. The predicted octanol–water partition coefficient (Wildman–Crippen LogP) is 4.67. The zero-order valence-electron chi connectivity index (χ0n) is 14.7. The molecular formula is C21H18ClNO4. The van der Waals surface area contributed by atoms with Gasteiger partial charge >= 0.3 is 6.09 Å². The summed E-state index contributed by atoms with van der Waals surface area (Å²) < 4.78 is 11.3. The van der Waals surface area contributed by atoms with Crippen LogP contribution in [0, 0.1) is 12.8 Å². The van der Waals surface area contributed by atoms with Crippen LogP contribution in [0.15, 0.2) is 36.4 Å². The third kappa shape index (κ3) is 2.69. The van der Waals surface area contributed by atoms with E-state index in [-0.39, 0.29) is 11.8 Å². The minimum absolute atomic E-state index is 0.0894. The number of rotatable bonds is 3. The lowest BCUT2D eigenvalue weighted by Crippen LogP contribution is -2.43. The Bertz CT molecular complexity index is 967. The predicted molar refractivity (Wildman–Crippen MR) is 99.3 cm³/mol. The van der Waals surface area contributed by atoms with Gasteiger partial charge in [0.25, 0.3) is 5.91 Å². The van der Waals surface area contributed by atoms with Crippen molar-refractivity contribution in [3.05, 3.63) is 58.1 Å². The molecule has 27 heavy (non-hydrogen) atoms. The fourth-order valence-corrected chi connectivity index (χ4v) is 4.84. The number of halogens is 1. The zero-order valence-corrected chi connectivity index (χ0v) is 15.5. The molecule has 138 valence electrons. The number of ether oxygens (including phenoxy) is 2. The van der Waals surface area contributed by atoms with E-state index in [9.17, 15) is 9.59 Å². The molecule has 4 aliphatic rings. The van der Waals surface area contributed by atoms with Crippen molar-refractivity contribution in [3.8, 4) is 11.5 Å². The molecule has 5 nitrogen and oxygen atoms in total. The molecular weight excluding hydrogens is 366 g/mol. The molecule has 2 amide bonds. The summed E-state index contributed by atoms with van der Waals surface area (Å²) in [5.74, 6) is 1.75. The number of carbonyl (C=O) groups is 2. The fraction of sp³-hybridized carbons (Fsp3) is 0.333. The van der Waals surface area contributed by atoms with Crippen LogP contribution in [-0.4, -0.2) is 18.1 Å². The Morgan fingerprint density at radius 3 is 2.63 bits per heavy atom. The molecule has 2 atom stereocenters. The lowest BCUT2D eigenvalue weighted by atomic mass is 9.56. The van der Waals surface area contributed by atoms with Crippen LogP contribution >= 0.6 is 11.6 Å². The largest absolute Gasteiger partial charge is 0.456 e. The Kier molecular flexibility index (Phi) is 3.69. The molecule has 3 aliphatic carbocycles. The molecule has 6 rings (SSSR count). The van der Waals surface area contributed by atoms with Gasteiger partial charge < -0.3 is 9.47 Å². The summed E-state index contributed by atoms with van der Waals surface area (Å²) in [6.07, 6.45) is 0.629. The van der Waals surface area contributed by atoms with Gasteiger partial charge in [-0.2, -0.15) is 0 Å². The molecule has 0 spiro atoms. The summed E-state index contributed by atoms with van der Waals surface area (Å²) in [7, 11) is 0. The molecule has 1 aliphatic heterocycles. The first-order valence-corrected chi connectivity index (χ1v) is 9.47. The van der Waals surface area contributed by atoms with E-state index in [1.807, 2.05) is 43.3 Å². The highest BCUT2D eigenvalue weighted by Gasteiger charge is 2.52. The number of alkyl carbamates (subject to hydrolysis) is 1. The number of benzene rings is 2. The van der Waals surface area contributed by atoms with Crippen LogP contribution in [0.5, 0.6) is 11.5 Å². The molecule has 2 aromatic carbocycles. The SMILES string of the molecule is Cc1ccc(Oc2ccc3c(c2)C2CC(C2)[C@H]3C2OC(=O)NC2=O)c(Cl)c1. The van der Waals surface area contributed by atoms with Crippen molar-refractivity contribution in [2.24, 2.45) is 5.92 Å². The third-order valence-corrected chi connectivity index (χ3v) is 6.19. The number of imide groups is 1. The van der Waals surface area contributed by atoms with E-state index >= 15 is 0 Å². The van der Waals surface area contributed by atoms with E-state index in [0.29, 0.717) is 22.6 Å². The summed E-state index contributed by atoms with van der Waals surface area (Å²) in [5, 5.41) is 2.82. The third-order valence-electron chi connectivity index (χ3n) is 5.90. The standard InChI is InChI=1S/C21H18ClNO4/c1-10-2-5-17(16(22)6-10)26-13-3-4-14-15(9-13)11-7-12(8-11)18(14)19-20(24)23-21(25)27-19/h2-6,9,11-12,18-19H,7-8H2,1H3,(H,23,24,25)/t11?,12?,18-,19?/m1/s1. The average molecular weight is 384 g/mol. The summed E-state index contributed by atoms with van der Waals surface area (Å²) >= 11 is 6.28. The van der Waals surface area contributed by atoms with Crippen LogP contribution in [0.4, 0.5) is 4.79 Å². The maximum Gasteiger partial charge on any atom is 0.414 e. The van der Waals surface area contributed by atoms with Crippen LogP contribution in [0.3, 0.4) is 0 Å². The highest BCUT2D eigenvalue weighted by Crippen LogP contribution is 2.58. The Labute approximate surface area is 161 Å². The summed E-state index contributed by atoms with van der Waals surface area (Å²) in [4.78, 5) is 23.6. The Morgan fingerprint density at radius 1 is 1.11 bits per heavy atom. The first-order valence-electron chi connectivity index (χ1n) is 9.09. The van der Waals surface area contributed by atoms with Crippen LogP contribution in [0.2, 0.25) is 5.02 Å². The summed E-state index contributed by atoms with van der Waals surface area (Å²) in [5.41, 5.74) is 3.34. The molecule has 2 bridgehead atoms. The van der Waals surface area contributed by atoms with E-state index in [4.69, 9.17) is 21.1 Å². The van der Waals surface area contributed by atoms with E-state index in [2.05, 4.69) is 5.32 Å². The molecule has 0 aromatic heterocycles. The number of amides is 2. The average Bonchev–Trinajstić information content (AvgIpc) is 2.93. The number of cyclic esters (lactones) is 1. The number of aryl methyl sites for hydroxylation is 1. The van der Waals surface area contributed by atoms with Gasteiger partial charge in [-0.3, -0.25) is 10.1 Å². The van der Waals surface area contributed by atoms with Gasteiger partial charge in [0.1, 0.15) is 11.5 Å². The van der Waals surface area contributed by atoms with Gasteiger partial charge in [-0.05, 0) is 72.6 Å². The monoisotopic (exact) mass is 383 g/mol. The Balaban J connectivity index is 1.47. The maximum atomic E-state index is 12.1. The van der Waals surface area contributed by atoms with Crippen LogP contribution in [0.1, 0.15) is 41.4 Å². The van der Waals surface area contributed by atoms with Crippen molar-refractivity contribution in [1.29, 1.82) is 0 Å². The minimum Gasteiger partial charge on any atom is -0.456 e. The molecule has 1 unspecified atom stereocenters. The van der Waals surface area contributed by atoms with Crippen LogP contribution in [0.25, 0.3) is 0 Å². The van der Waals surface area contributed by atoms with Crippen molar-refractivity contribution < 1.29 is 19.1 Å². The van der Waals surface area contributed by atoms with Crippen molar-refractivity contribution in [3.63, 3.8) is 0 Å².